The van der Waals surface area contributed by atoms with E-state index in [2.05, 4.69) is 5.32 Å². The molecule has 32 heavy (non-hydrogen) atoms. The molecule has 168 valence electrons. The molecule has 1 aromatic carbocycles. The number of pyridine rings is 1. The van der Waals surface area contributed by atoms with E-state index in [1.165, 1.54) is 6.20 Å². The molecule has 2 fully saturated rings. The van der Waals surface area contributed by atoms with Gasteiger partial charge >= 0.3 is 0 Å². The normalized spacial score (nSPS) is 25.6. The van der Waals surface area contributed by atoms with Crippen LogP contribution in [-0.4, -0.2) is 39.0 Å². The van der Waals surface area contributed by atoms with E-state index < -0.39 is 46.7 Å². The average Bonchev–Trinajstić information content (AvgIpc) is 3.44. The largest absolute Gasteiger partial charge is 0.503 e. The first-order valence-corrected chi connectivity index (χ1v) is 10.7. The fourth-order valence-corrected chi connectivity index (χ4v) is 5.24. The highest BCUT2D eigenvalue weighted by Gasteiger charge is 2.62. The Morgan fingerprint density at radius 1 is 1.25 bits per heavy atom. The molecule has 1 saturated heterocycles. The van der Waals surface area contributed by atoms with Gasteiger partial charge in [-0.3, -0.25) is 14.4 Å². The second-order valence-electron chi connectivity index (χ2n) is 9.19. The Hall–Kier alpha value is -3.23. The predicted octanol–water partition coefficient (Wildman–Crippen LogP) is 2.42. The van der Waals surface area contributed by atoms with Crippen LogP contribution in [0.1, 0.15) is 58.2 Å². The summed E-state index contributed by atoms with van der Waals surface area (Å²) in [5, 5.41) is 13.0. The molecule has 7 nitrogen and oxygen atoms in total. The Morgan fingerprint density at radius 2 is 1.94 bits per heavy atom. The van der Waals surface area contributed by atoms with Crippen molar-refractivity contribution >= 4 is 11.8 Å². The molecule has 2 bridgehead atoms. The number of nitrogens with zero attached hydrogens (tertiary/aromatic N) is 2. The quantitative estimate of drug-likeness (QED) is 0.762. The van der Waals surface area contributed by atoms with Crippen molar-refractivity contribution in [3.05, 3.63) is 62.6 Å². The molecule has 1 spiro atoms. The Morgan fingerprint density at radius 3 is 2.62 bits per heavy atom. The topological polar surface area (TPSA) is 91.6 Å². The zero-order chi connectivity index (χ0) is 22.9. The lowest BCUT2D eigenvalue weighted by atomic mass is 10.0. The molecule has 3 unspecified atom stereocenters. The van der Waals surface area contributed by atoms with E-state index in [1.54, 1.807) is 16.4 Å². The maximum Gasteiger partial charge on any atom is 0.274 e. The van der Waals surface area contributed by atoms with Gasteiger partial charge in [0.1, 0.15) is 17.2 Å². The number of carbonyl (C=O) groups is 2. The van der Waals surface area contributed by atoms with Gasteiger partial charge in [-0.1, -0.05) is 0 Å². The Labute approximate surface area is 182 Å². The van der Waals surface area contributed by atoms with Gasteiger partial charge in [0.25, 0.3) is 11.8 Å². The van der Waals surface area contributed by atoms with Crippen LogP contribution >= 0.6 is 0 Å². The van der Waals surface area contributed by atoms with Gasteiger partial charge in [0.15, 0.2) is 11.4 Å². The van der Waals surface area contributed by atoms with Crippen LogP contribution in [0.2, 0.25) is 0 Å². The molecule has 1 aromatic heterocycles. The number of fused-ring (bicyclic) bond motifs is 2. The summed E-state index contributed by atoms with van der Waals surface area (Å²) in [5.41, 5.74) is -1.79. The smallest absolute Gasteiger partial charge is 0.274 e. The van der Waals surface area contributed by atoms with Crippen molar-refractivity contribution < 1.29 is 23.5 Å². The standard InChI is InChI=1S/C23H23F2N3O4/c1-11-5-16(24)14(17(25)6-11)8-26-21(31)15-9-28-18(20(30)19(15)29)22(32)27-10-23(28)7-13(23)4-3-12(27)2/h5-6,9,12-13,30H,3-4,7-8,10H2,1-2H3,(H,26,31). The van der Waals surface area contributed by atoms with Crippen LogP contribution in [0.4, 0.5) is 8.78 Å². The number of aryl methyl sites for hydroxylation is 1. The van der Waals surface area contributed by atoms with Crippen molar-refractivity contribution in [2.75, 3.05) is 6.54 Å². The first-order valence-electron chi connectivity index (χ1n) is 10.7. The number of aromatic nitrogens is 1. The van der Waals surface area contributed by atoms with Gasteiger partial charge in [-0.05, 0) is 56.7 Å². The zero-order valence-electron chi connectivity index (χ0n) is 17.7. The van der Waals surface area contributed by atoms with Crippen molar-refractivity contribution in [1.29, 1.82) is 0 Å². The maximum atomic E-state index is 14.1. The van der Waals surface area contributed by atoms with Crippen molar-refractivity contribution in [2.24, 2.45) is 5.92 Å². The fraction of sp³-hybridized carbons (Fsp3) is 0.435. The first kappa shape index (κ1) is 20.7. The third-order valence-corrected chi connectivity index (χ3v) is 7.19. The van der Waals surface area contributed by atoms with Crippen LogP contribution in [0.15, 0.2) is 23.1 Å². The van der Waals surface area contributed by atoms with Gasteiger partial charge in [0.05, 0.1) is 5.54 Å². The lowest BCUT2D eigenvalue weighted by Crippen LogP contribution is -2.51. The third kappa shape index (κ3) is 2.87. The number of halogens is 2. The summed E-state index contributed by atoms with van der Waals surface area (Å²) in [5.74, 6) is -3.38. The van der Waals surface area contributed by atoms with Crippen molar-refractivity contribution in [3.63, 3.8) is 0 Å². The van der Waals surface area contributed by atoms with Crippen LogP contribution in [-0.2, 0) is 12.1 Å². The molecule has 9 heteroatoms. The number of rotatable bonds is 3. The highest BCUT2D eigenvalue weighted by molar-refractivity contribution is 5.99. The van der Waals surface area contributed by atoms with Crippen LogP contribution < -0.4 is 10.7 Å². The average molecular weight is 443 g/mol. The number of amides is 2. The number of carbonyl (C=O) groups excluding carboxylic acids is 2. The maximum absolute atomic E-state index is 14.1. The van der Waals surface area contributed by atoms with Crippen LogP contribution in [0.25, 0.3) is 0 Å². The number of hydrogen-bond donors (Lipinski definition) is 2. The second kappa shape index (κ2) is 6.88. The van der Waals surface area contributed by atoms with E-state index in [0.29, 0.717) is 12.1 Å². The summed E-state index contributed by atoms with van der Waals surface area (Å²) in [7, 11) is 0. The van der Waals surface area contributed by atoms with Crippen molar-refractivity contribution in [1.82, 2.24) is 14.8 Å². The molecule has 1 aliphatic carbocycles. The van der Waals surface area contributed by atoms with Gasteiger partial charge in [-0.15, -0.1) is 0 Å². The molecule has 1 saturated carbocycles. The summed E-state index contributed by atoms with van der Waals surface area (Å²) in [4.78, 5) is 40.3. The number of hydrogen-bond acceptors (Lipinski definition) is 4. The molecule has 2 aliphatic heterocycles. The molecule has 0 radical (unpaired) electrons. The monoisotopic (exact) mass is 443 g/mol. The fourth-order valence-electron chi connectivity index (χ4n) is 5.24. The van der Waals surface area contributed by atoms with Gasteiger partial charge in [-0.25, -0.2) is 8.78 Å². The number of benzene rings is 1. The van der Waals surface area contributed by atoms with E-state index in [0.717, 1.165) is 31.4 Å². The molecule has 5 rings (SSSR count). The minimum absolute atomic E-state index is 0.00213. The van der Waals surface area contributed by atoms with Gasteiger partial charge < -0.3 is 19.9 Å². The van der Waals surface area contributed by atoms with Gasteiger partial charge in [0.2, 0.25) is 5.43 Å². The molecular formula is C23H23F2N3O4. The van der Waals surface area contributed by atoms with E-state index in [9.17, 15) is 28.3 Å². The van der Waals surface area contributed by atoms with Crippen molar-refractivity contribution in [3.8, 4) is 5.75 Å². The Bertz CT molecular complexity index is 1220. The summed E-state index contributed by atoms with van der Waals surface area (Å²) in [6, 6.07) is 2.31. The highest BCUT2D eigenvalue weighted by Crippen LogP contribution is 2.58. The Kier molecular flexibility index (Phi) is 4.44. The van der Waals surface area contributed by atoms with E-state index >= 15 is 0 Å². The minimum Gasteiger partial charge on any atom is -0.503 e. The highest BCUT2D eigenvalue weighted by atomic mass is 19.1. The van der Waals surface area contributed by atoms with Crippen LogP contribution in [0.3, 0.4) is 0 Å². The molecular weight excluding hydrogens is 420 g/mol. The van der Waals surface area contributed by atoms with Crippen LogP contribution in [0, 0.1) is 24.5 Å². The second-order valence-corrected chi connectivity index (χ2v) is 9.19. The summed E-state index contributed by atoms with van der Waals surface area (Å²) in [6.07, 6.45) is 3.85. The molecule has 2 N–H and O–H groups in total. The van der Waals surface area contributed by atoms with Crippen LogP contribution in [0.5, 0.6) is 5.75 Å². The molecule has 3 aliphatic rings. The molecule has 2 amide bonds. The van der Waals surface area contributed by atoms with E-state index in [4.69, 9.17) is 0 Å². The minimum atomic E-state index is -0.979. The van der Waals surface area contributed by atoms with E-state index in [1.807, 2.05) is 6.92 Å². The number of nitrogens with one attached hydrogen (secondary N) is 1. The van der Waals surface area contributed by atoms with Crippen molar-refractivity contribution in [2.45, 2.75) is 51.2 Å². The first-order chi connectivity index (χ1) is 15.1. The van der Waals surface area contributed by atoms with Gasteiger partial charge in [-0.2, -0.15) is 0 Å². The third-order valence-electron chi connectivity index (χ3n) is 7.19. The van der Waals surface area contributed by atoms with Gasteiger partial charge in [0, 0.05) is 30.9 Å². The summed E-state index contributed by atoms with van der Waals surface area (Å²) >= 11 is 0. The lowest BCUT2D eigenvalue weighted by Gasteiger charge is -2.39. The molecule has 3 heterocycles. The Balaban J connectivity index is 1.51. The zero-order valence-corrected chi connectivity index (χ0v) is 17.7. The number of aromatic hydroxyl groups is 1. The lowest BCUT2D eigenvalue weighted by molar-refractivity contribution is 0.0571. The summed E-state index contributed by atoms with van der Waals surface area (Å²) < 4.78 is 29.8. The summed E-state index contributed by atoms with van der Waals surface area (Å²) in [6.45, 7) is 3.50. The predicted molar refractivity (Wildman–Crippen MR) is 110 cm³/mol. The SMILES string of the molecule is Cc1cc(F)c(CNC(=O)c2cn3c(c(O)c2=O)C(=O)N2CC34CC4CCC2C)c(F)c1. The van der Waals surface area contributed by atoms with E-state index in [-0.39, 0.29) is 28.8 Å². The molecule has 3 atom stereocenters. The molecule has 2 aromatic rings.